The van der Waals surface area contributed by atoms with Crippen LogP contribution in [0.2, 0.25) is 0 Å². The summed E-state index contributed by atoms with van der Waals surface area (Å²) in [6.07, 6.45) is 1.94. The molecule has 1 aliphatic heterocycles. The number of ether oxygens (including phenoxy) is 1. The summed E-state index contributed by atoms with van der Waals surface area (Å²) in [6.45, 7) is 3.88. The Kier molecular flexibility index (Phi) is 4.35. The maximum atomic E-state index is 11.2. The number of likely N-dealkylation sites (tertiary alicyclic amines) is 1. The zero-order chi connectivity index (χ0) is 10.6. The predicted molar refractivity (Wildman–Crippen MR) is 52.9 cm³/mol. The molecule has 1 atom stereocenters. The summed E-state index contributed by atoms with van der Waals surface area (Å²) in [5, 5.41) is 8.96. The van der Waals surface area contributed by atoms with Crippen molar-refractivity contribution in [3.8, 4) is 0 Å². The number of carbonyl (C=O) groups excluding carboxylic acids is 1. The van der Waals surface area contributed by atoms with E-state index in [0.29, 0.717) is 5.92 Å². The van der Waals surface area contributed by atoms with Crippen LogP contribution in [0.3, 0.4) is 0 Å². The molecule has 4 heteroatoms. The Hall–Kier alpha value is -0.610. The van der Waals surface area contributed by atoms with Gasteiger partial charge in [-0.05, 0) is 38.8 Å². The molecular formula is C10H19NO3. The molecule has 1 fully saturated rings. The fourth-order valence-electron chi connectivity index (χ4n) is 1.84. The smallest absolute Gasteiger partial charge is 0.322 e. The molecule has 1 saturated heterocycles. The Morgan fingerprint density at radius 3 is 2.57 bits per heavy atom. The quantitative estimate of drug-likeness (QED) is 0.665. The van der Waals surface area contributed by atoms with Gasteiger partial charge in [-0.1, -0.05) is 0 Å². The van der Waals surface area contributed by atoms with Crippen LogP contribution < -0.4 is 0 Å². The van der Waals surface area contributed by atoms with Crippen LogP contribution >= 0.6 is 0 Å². The molecule has 1 aliphatic rings. The van der Waals surface area contributed by atoms with Crippen molar-refractivity contribution in [3.05, 3.63) is 0 Å². The third-order valence-electron chi connectivity index (χ3n) is 3.00. The Morgan fingerprint density at radius 1 is 1.57 bits per heavy atom. The monoisotopic (exact) mass is 201 g/mol. The molecule has 0 saturated carbocycles. The molecule has 82 valence electrons. The summed E-state index contributed by atoms with van der Waals surface area (Å²) < 4.78 is 4.69. The largest absolute Gasteiger partial charge is 0.468 e. The summed E-state index contributed by atoms with van der Waals surface area (Å²) in [5.41, 5.74) is 0. The first-order valence-corrected chi connectivity index (χ1v) is 5.11. The van der Waals surface area contributed by atoms with E-state index in [1.165, 1.54) is 7.11 Å². The van der Waals surface area contributed by atoms with E-state index < -0.39 is 0 Å². The van der Waals surface area contributed by atoms with Crippen molar-refractivity contribution in [1.29, 1.82) is 0 Å². The first-order chi connectivity index (χ1) is 6.69. The molecule has 0 aromatic carbocycles. The van der Waals surface area contributed by atoms with Crippen molar-refractivity contribution in [1.82, 2.24) is 4.90 Å². The highest BCUT2D eigenvalue weighted by atomic mass is 16.5. The second-order valence-electron chi connectivity index (χ2n) is 3.86. The minimum Gasteiger partial charge on any atom is -0.468 e. The van der Waals surface area contributed by atoms with Crippen LogP contribution in [0.5, 0.6) is 0 Å². The first kappa shape index (κ1) is 11.5. The van der Waals surface area contributed by atoms with E-state index in [1.807, 2.05) is 6.92 Å². The molecule has 1 N–H and O–H groups in total. The van der Waals surface area contributed by atoms with Crippen molar-refractivity contribution >= 4 is 5.97 Å². The summed E-state index contributed by atoms with van der Waals surface area (Å²) in [7, 11) is 1.42. The number of hydrogen-bond acceptors (Lipinski definition) is 4. The highest BCUT2D eigenvalue weighted by molar-refractivity contribution is 5.75. The molecule has 1 heterocycles. The molecule has 0 radical (unpaired) electrons. The van der Waals surface area contributed by atoms with E-state index >= 15 is 0 Å². The lowest BCUT2D eigenvalue weighted by Gasteiger charge is -2.33. The van der Waals surface area contributed by atoms with Gasteiger partial charge in [-0.25, -0.2) is 0 Å². The number of methoxy groups -OCH3 is 1. The third-order valence-corrected chi connectivity index (χ3v) is 3.00. The standard InChI is InChI=1S/C10H19NO3/c1-8(10(13)14-2)11-5-3-9(7-12)4-6-11/h8-9,12H,3-7H2,1-2H3. The number of esters is 1. The molecule has 0 amide bonds. The Morgan fingerprint density at radius 2 is 2.14 bits per heavy atom. The zero-order valence-corrected chi connectivity index (χ0v) is 8.90. The second-order valence-corrected chi connectivity index (χ2v) is 3.86. The lowest BCUT2D eigenvalue weighted by molar-refractivity contribution is -0.146. The van der Waals surface area contributed by atoms with Crippen molar-refractivity contribution in [2.24, 2.45) is 5.92 Å². The van der Waals surface area contributed by atoms with Gasteiger partial charge >= 0.3 is 5.97 Å². The lowest BCUT2D eigenvalue weighted by atomic mass is 9.97. The van der Waals surface area contributed by atoms with Gasteiger partial charge in [0.15, 0.2) is 0 Å². The van der Waals surface area contributed by atoms with E-state index in [4.69, 9.17) is 5.11 Å². The molecule has 14 heavy (non-hydrogen) atoms. The summed E-state index contributed by atoms with van der Waals surface area (Å²) in [6, 6.07) is -0.153. The molecular weight excluding hydrogens is 182 g/mol. The topological polar surface area (TPSA) is 49.8 Å². The molecule has 0 aliphatic carbocycles. The van der Waals surface area contributed by atoms with Crippen molar-refractivity contribution in [2.45, 2.75) is 25.8 Å². The first-order valence-electron chi connectivity index (χ1n) is 5.11. The van der Waals surface area contributed by atoms with Crippen LogP contribution in [-0.2, 0) is 9.53 Å². The molecule has 0 bridgehead atoms. The van der Waals surface area contributed by atoms with Crippen molar-refractivity contribution < 1.29 is 14.6 Å². The van der Waals surface area contributed by atoms with Crippen LogP contribution in [0.4, 0.5) is 0 Å². The maximum absolute atomic E-state index is 11.2. The van der Waals surface area contributed by atoms with Gasteiger partial charge in [0.05, 0.1) is 7.11 Å². The van der Waals surface area contributed by atoms with Gasteiger partial charge in [-0.2, -0.15) is 0 Å². The van der Waals surface area contributed by atoms with Gasteiger partial charge in [0.1, 0.15) is 6.04 Å². The predicted octanol–water partition coefficient (Wildman–Crippen LogP) is 0.252. The van der Waals surface area contributed by atoms with Crippen LogP contribution in [-0.4, -0.2) is 48.8 Å². The van der Waals surface area contributed by atoms with Crippen LogP contribution in [0.15, 0.2) is 0 Å². The molecule has 0 spiro atoms. The summed E-state index contributed by atoms with van der Waals surface area (Å²) >= 11 is 0. The highest BCUT2D eigenvalue weighted by Gasteiger charge is 2.26. The van der Waals surface area contributed by atoms with Crippen LogP contribution in [0, 0.1) is 5.92 Å². The fraction of sp³-hybridized carbons (Fsp3) is 0.900. The summed E-state index contributed by atoms with van der Waals surface area (Å²) in [5.74, 6) is 0.239. The number of rotatable bonds is 3. The van der Waals surface area contributed by atoms with E-state index in [-0.39, 0.29) is 18.6 Å². The van der Waals surface area contributed by atoms with Gasteiger partial charge in [0.2, 0.25) is 0 Å². The average molecular weight is 201 g/mol. The Bertz CT molecular complexity index is 188. The number of aliphatic hydroxyl groups excluding tert-OH is 1. The number of aliphatic hydroxyl groups is 1. The van der Waals surface area contributed by atoms with Crippen LogP contribution in [0.25, 0.3) is 0 Å². The fourth-order valence-corrected chi connectivity index (χ4v) is 1.84. The second kappa shape index (κ2) is 5.32. The molecule has 4 nitrogen and oxygen atoms in total. The molecule has 0 aromatic heterocycles. The number of hydrogen-bond donors (Lipinski definition) is 1. The minimum atomic E-state index is -0.174. The van der Waals surface area contributed by atoms with Gasteiger partial charge < -0.3 is 9.84 Å². The van der Waals surface area contributed by atoms with Crippen molar-refractivity contribution in [2.75, 3.05) is 26.8 Å². The molecule has 1 unspecified atom stereocenters. The van der Waals surface area contributed by atoms with E-state index in [0.717, 1.165) is 25.9 Å². The third kappa shape index (κ3) is 2.69. The number of piperidine rings is 1. The summed E-state index contributed by atoms with van der Waals surface area (Å²) in [4.78, 5) is 13.4. The molecule has 1 rings (SSSR count). The van der Waals surface area contributed by atoms with E-state index in [9.17, 15) is 4.79 Å². The maximum Gasteiger partial charge on any atom is 0.322 e. The zero-order valence-electron chi connectivity index (χ0n) is 8.90. The van der Waals surface area contributed by atoms with E-state index in [1.54, 1.807) is 0 Å². The average Bonchev–Trinajstić information content (AvgIpc) is 2.27. The molecule has 0 aromatic rings. The number of nitrogens with zero attached hydrogens (tertiary/aromatic N) is 1. The Labute approximate surface area is 84.8 Å². The normalized spacial score (nSPS) is 21.9. The van der Waals surface area contributed by atoms with Gasteiger partial charge in [-0.3, -0.25) is 9.69 Å². The highest BCUT2D eigenvalue weighted by Crippen LogP contribution is 2.18. The number of carbonyl (C=O) groups is 1. The lowest BCUT2D eigenvalue weighted by Crippen LogP contribution is -2.44. The van der Waals surface area contributed by atoms with Gasteiger partial charge in [0.25, 0.3) is 0 Å². The SMILES string of the molecule is COC(=O)C(C)N1CCC(CO)CC1. The van der Waals surface area contributed by atoms with Gasteiger partial charge in [-0.15, -0.1) is 0 Å². The van der Waals surface area contributed by atoms with Crippen LogP contribution in [0.1, 0.15) is 19.8 Å². The Balaban J connectivity index is 2.37. The van der Waals surface area contributed by atoms with Crippen molar-refractivity contribution in [3.63, 3.8) is 0 Å². The minimum absolute atomic E-state index is 0.153. The van der Waals surface area contributed by atoms with Gasteiger partial charge in [0, 0.05) is 6.61 Å². The van der Waals surface area contributed by atoms with E-state index in [2.05, 4.69) is 9.64 Å².